The Bertz CT molecular complexity index is 1300. The van der Waals surface area contributed by atoms with Crippen molar-refractivity contribution in [1.29, 1.82) is 0 Å². The molecular formula is C24H21ClN4O5. The van der Waals surface area contributed by atoms with Crippen LogP contribution in [0.4, 0.5) is 4.79 Å². The number of nitrogens with one attached hydrogen (secondary N) is 1. The second-order valence-electron chi connectivity index (χ2n) is 8.38. The van der Waals surface area contributed by atoms with E-state index in [1.165, 1.54) is 11.3 Å². The molecule has 174 valence electrons. The minimum Gasteiger partial charge on any atom is -0.467 e. The molecule has 2 unspecified atom stereocenters. The summed E-state index contributed by atoms with van der Waals surface area (Å²) < 4.78 is 11.1. The highest BCUT2D eigenvalue weighted by Gasteiger charge is 2.52. The number of benzene rings is 1. The van der Waals surface area contributed by atoms with Crippen molar-refractivity contribution in [2.24, 2.45) is 5.10 Å². The van der Waals surface area contributed by atoms with Gasteiger partial charge in [-0.15, -0.1) is 0 Å². The molecule has 4 heterocycles. The number of halogens is 1. The number of hydrogen-bond acceptors (Lipinski definition) is 6. The monoisotopic (exact) mass is 480 g/mol. The van der Waals surface area contributed by atoms with Gasteiger partial charge in [0.05, 0.1) is 12.0 Å². The van der Waals surface area contributed by atoms with Crippen LogP contribution in [0, 0.1) is 6.92 Å². The van der Waals surface area contributed by atoms with E-state index >= 15 is 0 Å². The van der Waals surface area contributed by atoms with E-state index in [9.17, 15) is 14.4 Å². The van der Waals surface area contributed by atoms with Crippen molar-refractivity contribution >= 4 is 35.2 Å². The average molecular weight is 481 g/mol. The van der Waals surface area contributed by atoms with Crippen LogP contribution < -0.4 is 5.32 Å². The lowest BCUT2D eigenvalue weighted by atomic mass is 9.99. The molecule has 9 nitrogen and oxygen atoms in total. The van der Waals surface area contributed by atoms with Gasteiger partial charge < -0.3 is 14.2 Å². The summed E-state index contributed by atoms with van der Waals surface area (Å²) in [4.78, 5) is 40.1. The lowest BCUT2D eigenvalue weighted by Crippen LogP contribution is -2.43. The second-order valence-corrected chi connectivity index (χ2v) is 8.82. The van der Waals surface area contributed by atoms with E-state index in [1.807, 2.05) is 12.1 Å². The maximum atomic E-state index is 13.3. The zero-order valence-electron chi connectivity index (χ0n) is 18.4. The number of carbonyl (C=O) groups is 3. The molecule has 2 aliphatic heterocycles. The molecule has 1 saturated heterocycles. The maximum Gasteiger partial charge on any atom is 0.325 e. The summed E-state index contributed by atoms with van der Waals surface area (Å²) >= 11 is 6.00. The van der Waals surface area contributed by atoms with Crippen molar-refractivity contribution in [3.63, 3.8) is 0 Å². The van der Waals surface area contributed by atoms with E-state index in [1.54, 1.807) is 50.2 Å². The van der Waals surface area contributed by atoms with E-state index in [0.717, 1.165) is 10.5 Å². The Morgan fingerprint density at radius 3 is 2.62 bits per heavy atom. The standard InChI is InChI=1S/C24H21ClN4O5/c1-14-5-10-20(34-14)24(2)22(31)28(23(32)26-24)13-21(30)29-18(19-4-3-11-33-19)12-17(27-29)15-6-8-16(25)9-7-15/h3-11,18H,12-13H2,1-2H3,(H,26,32). The third-order valence-corrected chi connectivity index (χ3v) is 6.27. The quantitative estimate of drug-likeness (QED) is 0.555. The van der Waals surface area contributed by atoms with Gasteiger partial charge in [0.1, 0.15) is 29.9 Å². The summed E-state index contributed by atoms with van der Waals surface area (Å²) in [5.74, 6) is 0.366. The molecule has 0 saturated carbocycles. The van der Waals surface area contributed by atoms with Gasteiger partial charge >= 0.3 is 6.03 Å². The van der Waals surface area contributed by atoms with Crippen LogP contribution in [0.15, 0.2) is 68.7 Å². The van der Waals surface area contributed by atoms with Gasteiger partial charge in [0, 0.05) is 11.4 Å². The summed E-state index contributed by atoms with van der Waals surface area (Å²) in [6.45, 7) is 2.82. The number of carbonyl (C=O) groups excluding carboxylic acids is 3. The number of aryl methyl sites for hydroxylation is 1. The molecule has 1 fully saturated rings. The molecule has 4 amide bonds. The van der Waals surface area contributed by atoms with Crippen molar-refractivity contribution in [3.05, 3.63) is 82.7 Å². The Morgan fingerprint density at radius 2 is 1.97 bits per heavy atom. The number of furan rings is 2. The number of amides is 4. The van der Waals surface area contributed by atoms with Crippen molar-refractivity contribution in [3.8, 4) is 0 Å². The Kier molecular flexibility index (Phi) is 5.28. The van der Waals surface area contributed by atoms with Gasteiger partial charge in [0.15, 0.2) is 5.54 Å². The average Bonchev–Trinajstić information content (AvgIpc) is 3.59. The maximum absolute atomic E-state index is 13.3. The van der Waals surface area contributed by atoms with Crippen molar-refractivity contribution < 1.29 is 23.2 Å². The topological polar surface area (TPSA) is 108 Å². The Hall–Kier alpha value is -3.85. The first kappa shape index (κ1) is 22.0. The van der Waals surface area contributed by atoms with Crippen molar-refractivity contribution in [1.82, 2.24) is 15.2 Å². The van der Waals surface area contributed by atoms with Gasteiger partial charge in [-0.3, -0.25) is 14.5 Å². The van der Waals surface area contributed by atoms with E-state index in [0.29, 0.717) is 34.4 Å². The van der Waals surface area contributed by atoms with Crippen LogP contribution in [-0.2, 0) is 15.1 Å². The molecule has 5 rings (SSSR count). The first-order valence-corrected chi connectivity index (χ1v) is 11.0. The molecule has 0 radical (unpaired) electrons. The molecule has 0 bridgehead atoms. The number of nitrogens with zero attached hydrogens (tertiary/aromatic N) is 3. The molecule has 10 heteroatoms. The zero-order chi connectivity index (χ0) is 24.0. The fourth-order valence-corrected chi connectivity index (χ4v) is 4.30. The van der Waals surface area contributed by atoms with Crippen molar-refractivity contribution in [2.45, 2.75) is 31.8 Å². The second kappa shape index (κ2) is 8.18. The largest absolute Gasteiger partial charge is 0.467 e. The van der Waals surface area contributed by atoms with Crippen LogP contribution in [0.1, 0.15) is 42.2 Å². The molecule has 2 aliphatic rings. The summed E-state index contributed by atoms with van der Waals surface area (Å²) in [5, 5.41) is 9.03. The fraction of sp³-hybridized carbons (Fsp3) is 0.250. The number of rotatable bonds is 5. The van der Waals surface area contributed by atoms with Crippen LogP contribution >= 0.6 is 11.6 Å². The van der Waals surface area contributed by atoms with Gasteiger partial charge in [0.2, 0.25) is 0 Å². The van der Waals surface area contributed by atoms with Gasteiger partial charge in [-0.25, -0.2) is 9.80 Å². The zero-order valence-corrected chi connectivity index (χ0v) is 19.2. The summed E-state index contributed by atoms with van der Waals surface area (Å²) in [5.41, 5.74) is 0.0842. The first-order chi connectivity index (χ1) is 16.3. The summed E-state index contributed by atoms with van der Waals surface area (Å²) in [6, 6.07) is 12.8. The van der Waals surface area contributed by atoms with Crippen LogP contribution in [-0.4, -0.2) is 40.0 Å². The highest BCUT2D eigenvalue weighted by molar-refractivity contribution is 6.30. The summed E-state index contributed by atoms with van der Waals surface area (Å²) in [7, 11) is 0. The molecule has 0 aliphatic carbocycles. The molecule has 0 spiro atoms. The smallest absolute Gasteiger partial charge is 0.325 e. The van der Waals surface area contributed by atoms with Crippen LogP contribution in [0.2, 0.25) is 5.02 Å². The minimum atomic E-state index is -1.39. The molecule has 1 N–H and O–H groups in total. The molecule has 2 atom stereocenters. The summed E-state index contributed by atoms with van der Waals surface area (Å²) in [6.07, 6.45) is 1.93. The van der Waals surface area contributed by atoms with Crippen molar-refractivity contribution in [2.75, 3.05) is 6.54 Å². The Balaban J connectivity index is 1.41. The lowest BCUT2D eigenvalue weighted by Gasteiger charge is -2.23. The number of hydrogen-bond donors (Lipinski definition) is 1. The van der Waals surface area contributed by atoms with E-state index in [-0.39, 0.29) is 0 Å². The van der Waals surface area contributed by atoms with Crippen LogP contribution in [0.25, 0.3) is 0 Å². The third kappa shape index (κ3) is 3.67. The van der Waals surface area contributed by atoms with Gasteiger partial charge in [0.25, 0.3) is 11.8 Å². The fourth-order valence-electron chi connectivity index (χ4n) is 4.18. The molecule has 2 aromatic heterocycles. The van der Waals surface area contributed by atoms with Gasteiger partial charge in [-0.2, -0.15) is 5.10 Å². The highest BCUT2D eigenvalue weighted by atomic mass is 35.5. The SMILES string of the molecule is Cc1ccc(C2(C)NC(=O)N(CC(=O)N3N=C(c4ccc(Cl)cc4)CC3c3ccco3)C2=O)o1. The van der Waals surface area contributed by atoms with E-state index in [4.69, 9.17) is 20.4 Å². The lowest BCUT2D eigenvalue weighted by molar-refractivity contribution is -0.140. The highest BCUT2D eigenvalue weighted by Crippen LogP contribution is 2.34. The van der Waals surface area contributed by atoms with Gasteiger partial charge in [-0.05, 0) is 55.8 Å². The molecular weight excluding hydrogens is 460 g/mol. The number of hydrazone groups is 1. The molecule has 34 heavy (non-hydrogen) atoms. The minimum absolute atomic E-state index is 0.302. The Morgan fingerprint density at radius 1 is 1.21 bits per heavy atom. The number of urea groups is 1. The number of imide groups is 1. The third-order valence-electron chi connectivity index (χ3n) is 6.02. The Labute approximate surface area is 199 Å². The predicted molar refractivity (Wildman–Crippen MR) is 122 cm³/mol. The van der Waals surface area contributed by atoms with Gasteiger partial charge in [-0.1, -0.05) is 23.7 Å². The van der Waals surface area contributed by atoms with Crippen LogP contribution in [0.5, 0.6) is 0 Å². The molecule has 3 aromatic rings. The van der Waals surface area contributed by atoms with Crippen LogP contribution in [0.3, 0.4) is 0 Å². The molecule has 1 aromatic carbocycles. The normalized spacial score (nSPS) is 22.3. The van der Waals surface area contributed by atoms with E-state index in [2.05, 4.69) is 10.4 Å². The van der Waals surface area contributed by atoms with E-state index < -0.39 is 36.0 Å². The first-order valence-electron chi connectivity index (χ1n) is 10.7. The predicted octanol–water partition coefficient (Wildman–Crippen LogP) is 3.98.